The maximum atomic E-state index is 11.6. The van der Waals surface area contributed by atoms with Gasteiger partial charge in [-0.15, -0.1) is 0 Å². The third-order valence-corrected chi connectivity index (χ3v) is 3.10. The Morgan fingerprint density at radius 1 is 1.31 bits per heavy atom. The van der Waals surface area contributed by atoms with Gasteiger partial charge in [-0.05, 0) is 30.9 Å². The summed E-state index contributed by atoms with van der Waals surface area (Å²) >= 11 is 0. The quantitative estimate of drug-likeness (QED) is 0.729. The van der Waals surface area contributed by atoms with Crippen molar-refractivity contribution in [2.45, 2.75) is 58.8 Å². The summed E-state index contributed by atoms with van der Waals surface area (Å²) in [5.74, 6) is 0.375. The minimum atomic E-state index is 0.0774. The summed E-state index contributed by atoms with van der Waals surface area (Å²) in [6, 6.07) is 2.02. The van der Waals surface area contributed by atoms with E-state index in [1.165, 1.54) is 25.7 Å². The van der Waals surface area contributed by atoms with Gasteiger partial charge in [-0.1, -0.05) is 39.5 Å². The summed E-state index contributed by atoms with van der Waals surface area (Å²) in [5, 5.41) is 0. The Morgan fingerprint density at radius 3 is 2.75 bits per heavy atom. The first-order valence-corrected chi connectivity index (χ1v) is 6.34. The van der Waals surface area contributed by atoms with Crippen LogP contribution in [0.3, 0.4) is 0 Å². The van der Waals surface area contributed by atoms with Gasteiger partial charge in [0.25, 0.3) is 5.56 Å². The van der Waals surface area contributed by atoms with Crippen LogP contribution in [0.1, 0.15) is 63.0 Å². The zero-order chi connectivity index (χ0) is 12.0. The van der Waals surface area contributed by atoms with Crippen molar-refractivity contribution in [2.24, 2.45) is 0 Å². The fourth-order valence-electron chi connectivity index (χ4n) is 2.01. The van der Waals surface area contributed by atoms with Gasteiger partial charge in [0.1, 0.15) is 0 Å². The molecular weight excluding hydrogens is 198 g/mol. The molecule has 2 nitrogen and oxygen atoms in total. The second-order valence-corrected chi connectivity index (χ2v) is 4.71. The second-order valence-electron chi connectivity index (χ2n) is 4.71. The van der Waals surface area contributed by atoms with Crippen LogP contribution in [0.4, 0.5) is 0 Å². The van der Waals surface area contributed by atoms with Crippen molar-refractivity contribution in [1.82, 2.24) is 4.98 Å². The molecule has 1 atom stereocenters. The molecule has 1 heterocycles. The van der Waals surface area contributed by atoms with Gasteiger partial charge < -0.3 is 4.98 Å². The van der Waals surface area contributed by atoms with Crippen LogP contribution in [0.25, 0.3) is 0 Å². The predicted octanol–water partition coefficient (Wildman–Crippen LogP) is 3.76. The number of H-pyrrole nitrogens is 1. The van der Waals surface area contributed by atoms with Gasteiger partial charge in [0.05, 0.1) is 0 Å². The first-order chi connectivity index (χ1) is 7.65. The molecule has 0 fully saturated rings. The molecule has 0 aliphatic carbocycles. The van der Waals surface area contributed by atoms with E-state index in [9.17, 15) is 4.79 Å². The summed E-state index contributed by atoms with van der Waals surface area (Å²) in [5.41, 5.74) is 2.15. The number of hydrogen-bond donors (Lipinski definition) is 1. The summed E-state index contributed by atoms with van der Waals surface area (Å²) in [7, 11) is 0. The number of rotatable bonds is 6. The number of aryl methyl sites for hydroxylation is 1. The maximum absolute atomic E-state index is 11.6. The van der Waals surface area contributed by atoms with Crippen LogP contribution in [-0.2, 0) is 0 Å². The molecule has 0 radical (unpaired) electrons. The van der Waals surface area contributed by atoms with Crippen molar-refractivity contribution in [3.8, 4) is 0 Å². The van der Waals surface area contributed by atoms with Crippen molar-refractivity contribution in [3.05, 3.63) is 33.7 Å². The van der Waals surface area contributed by atoms with Crippen LogP contribution < -0.4 is 5.56 Å². The summed E-state index contributed by atoms with van der Waals surface area (Å²) in [6.07, 6.45) is 7.96. The molecule has 0 amide bonds. The normalized spacial score (nSPS) is 12.7. The Labute approximate surface area is 98.1 Å². The number of aromatic nitrogens is 1. The monoisotopic (exact) mass is 221 g/mol. The summed E-state index contributed by atoms with van der Waals surface area (Å²) < 4.78 is 0. The highest BCUT2D eigenvalue weighted by Gasteiger charge is 2.09. The average Bonchev–Trinajstić information content (AvgIpc) is 2.27. The van der Waals surface area contributed by atoms with Gasteiger partial charge in [-0.2, -0.15) is 0 Å². The van der Waals surface area contributed by atoms with Gasteiger partial charge in [0.15, 0.2) is 0 Å². The number of hydrogen-bond acceptors (Lipinski definition) is 1. The van der Waals surface area contributed by atoms with Crippen LogP contribution >= 0.6 is 0 Å². The van der Waals surface area contributed by atoms with Crippen molar-refractivity contribution in [1.29, 1.82) is 0 Å². The van der Waals surface area contributed by atoms with E-state index in [4.69, 9.17) is 0 Å². The molecule has 16 heavy (non-hydrogen) atoms. The van der Waals surface area contributed by atoms with E-state index >= 15 is 0 Å². The molecule has 90 valence electrons. The third kappa shape index (κ3) is 3.84. The van der Waals surface area contributed by atoms with E-state index in [0.717, 1.165) is 17.5 Å². The Hall–Kier alpha value is -1.05. The van der Waals surface area contributed by atoms with E-state index in [0.29, 0.717) is 5.92 Å². The lowest BCUT2D eigenvalue weighted by atomic mass is 9.95. The molecule has 1 N–H and O–H groups in total. The van der Waals surface area contributed by atoms with Crippen LogP contribution in [0, 0.1) is 6.92 Å². The molecule has 0 saturated carbocycles. The Balaban J connectivity index is 2.55. The lowest BCUT2D eigenvalue weighted by molar-refractivity contribution is 0.576. The van der Waals surface area contributed by atoms with Gasteiger partial charge >= 0.3 is 0 Å². The summed E-state index contributed by atoms with van der Waals surface area (Å²) in [6.45, 7) is 6.38. The molecule has 1 aromatic rings. The van der Waals surface area contributed by atoms with Crippen molar-refractivity contribution in [3.63, 3.8) is 0 Å². The molecule has 0 bridgehead atoms. The number of unbranched alkanes of at least 4 members (excludes halogenated alkanes) is 3. The standard InChI is InChI=1S/C14H23NO/c1-4-5-6-7-8-12(3)13-9-11(2)10-15-14(13)16/h9-10,12H,4-8H2,1-3H3,(H,15,16). The van der Waals surface area contributed by atoms with Crippen LogP contribution in [-0.4, -0.2) is 4.98 Å². The Kier molecular flexibility index (Phi) is 5.30. The maximum Gasteiger partial charge on any atom is 0.251 e. The van der Waals surface area contributed by atoms with Crippen LogP contribution in [0.5, 0.6) is 0 Å². The first kappa shape index (κ1) is 13.0. The molecule has 0 aromatic carbocycles. The first-order valence-electron chi connectivity index (χ1n) is 6.34. The molecule has 1 aromatic heterocycles. The van der Waals surface area contributed by atoms with Gasteiger partial charge in [0, 0.05) is 11.8 Å². The molecule has 0 saturated heterocycles. The molecule has 1 unspecified atom stereocenters. The zero-order valence-corrected chi connectivity index (χ0v) is 10.7. The van der Waals surface area contributed by atoms with Crippen molar-refractivity contribution < 1.29 is 0 Å². The highest BCUT2D eigenvalue weighted by atomic mass is 16.1. The lowest BCUT2D eigenvalue weighted by Crippen LogP contribution is -2.14. The average molecular weight is 221 g/mol. The number of nitrogens with one attached hydrogen (secondary N) is 1. The van der Waals surface area contributed by atoms with E-state index in [-0.39, 0.29) is 5.56 Å². The van der Waals surface area contributed by atoms with E-state index < -0.39 is 0 Å². The smallest absolute Gasteiger partial charge is 0.251 e. The molecule has 1 rings (SSSR count). The Morgan fingerprint density at radius 2 is 2.06 bits per heavy atom. The number of aromatic amines is 1. The summed E-state index contributed by atoms with van der Waals surface area (Å²) in [4.78, 5) is 14.4. The van der Waals surface area contributed by atoms with Gasteiger partial charge in [0.2, 0.25) is 0 Å². The number of pyridine rings is 1. The second kappa shape index (κ2) is 6.51. The van der Waals surface area contributed by atoms with Crippen molar-refractivity contribution in [2.75, 3.05) is 0 Å². The third-order valence-electron chi connectivity index (χ3n) is 3.10. The lowest BCUT2D eigenvalue weighted by Gasteiger charge is -2.11. The Bertz CT molecular complexity index is 367. The van der Waals surface area contributed by atoms with E-state index in [1.807, 2.05) is 13.0 Å². The fraction of sp³-hybridized carbons (Fsp3) is 0.643. The predicted molar refractivity (Wildman–Crippen MR) is 69.0 cm³/mol. The molecule has 0 spiro atoms. The molecule has 0 aliphatic heterocycles. The zero-order valence-electron chi connectivity index (χ0n) is 10.7. The largest absolute Gasteiger partial charge is 0.329 e. The SMILES string of the molecule is CCCCCCC(C)c1cc(C)c[nH]c1=O. The highest BCUT2D eigenvalue weighted by molar-refractivity contribution is 5.20. The van der Waals surface area contributed by atoms with Crippen LogP contribution in [0.2, 0.25) is 0 Å². The highest BCUT2D eigenvalue weighted by Crippen LogP contribution is 2.19. The molecular formula is C14H23NO. The molecule has 2 heteroatoms. The van der Waals surface area contributed by atoms with Crippen LogP contribution in [0.15, 0.2) is 17.1 Å². The van der Waals surface area contributed by atoms with E-state index in [1.54, 1.807) is 6.20 Å². The van der Waals surface area contributed by atoms with Gasteiger partial charge in [-0.3, -0.25) is 4.79 Å². The topological polar surface area (TPSA) is 32.9 Å². The van der Waals surface area contributed by atoms with E-state index in [2.05, 4.69) is 18.8 Å². The van der Waals surface area contributed by atoms with Gasteiger partial charge in [-0.25, -0.2) is 0 Å². The molecule has 0 aliphatic rings. The fourth-order valence-corrected chi connectivity index (χ4v) is 2.01. The minimum Gasteiger partial charge on any atom is -0.329 e. The van der Waals surface area contributed by atoms with Crippen molar-refractivity contribution >= 4 is 0 Å². The minimum absolute atomic E-state index is 0.0774.